The molecule has 1 aromatic rings. The van der Waals surface area contributed by atoms with Crippen LogP contribution in [-0.2, 0) is 0 Å². The molecule has 0 saturated carbocycles. The van der Waals surface area contributed by atoms with Gasteiger partial charge in [-0.2, -0.15) is 11.8 Å². The molecule has 0 saturated heterocycles. The van der Waals surface area contributed by atoms with Gasteiger partial charge in [-0.25, -0.2) is 0 Å². The summed E-state index contributed by atoms with van der Waals surface area (Å²) in [6, 6.07) is 5.49. The van der Waals surface area contributed by atoms with Crippen LogP contribution in [0.1, 0.15) is 0 Å². The molecule has 0 unspecified atom stereocenters. The molecule has 0 amide bonds. The van der Waals surface area contributed by atoms with Crippen molar-refractivity contribution in [2.24, 2.45) is 10.7 Å². The average Bonchev–Trinajstić information content (AvgIpc) is 2.39. The van der Waals surface area contributed by atoms with E-state index in [1.165, 1.54) is 0 Å². The molecule has 6 heteroatoms. The van der Waals surface area contributed by atoms with E-state index in [1.54, 1.807) is 26.0 Å². The van der Waals surface area contributed by atoms with Crippen LogP contribution < -0.4 is 20.5 Å². The Kier molecular flexibility index (Phi) is 6.21. The second kappa shape index (κ2) is 7.71. The molecule has 0 radical (unpaired) electrons. The highest BCUT2D eigenvalue weighted by Gasteiger charge is 2.04. The summed E-state index contributed by atoms with van der Waals surface area (Å²) in [4.78, 5) is 4.20. The molecule has 18 heavy (non-hydrogen) atoms. The van der Waals surface area contributed by atoms with Crippen molar-refractivity contribution in [1.29, 1.82) is 0 Å². The minimum absolute atomic E-state index is 0.399. The number of aliphatic imine (C=N–C) groups is 1. The number of methoxy groups -OCH3 is 2. The molecule has 1 rings (SSSR count). The maximum atomic E-state index is 5.77. The molecular formula is C12H19N3O2S. The van der Waals surface area contributed by atoms with Crippen LogP contribution in [0.25, 0.3) is 0 Å². The number of anilines is 1. The number of rotatable bonds is 6. The molecule has 0 spiro atoms. The first-order valence-electron chi connectivity index (χ1n) is 5.49. The maximum absolute atomic E-state index is 5.77. The molecule has 0 atom stereocenters. The second-order valence-electron chi connectivity index (χ2n) is 3.45. The zero-order valence-electron chi connectivity index (χ0n) is 10.9. The van der Waals surface area contributed by atoms with Gasteiger partial charge in [-0.15, -0.1) is 0 Å². The van der Waals surface area contributed by atoms with Crippen LogP contribution in [0.4, 0.5) is 5.69 Å². The molecule has 0 fully saturated rings. The number of benzene rings is 1. The zero-order valence-corrected chi connectivity index (χ0v) is 11.7. The summed E-state index contributed by atoms with van der Waals surface area (Å²) in [6.45, 7) is 0.702. The molecular weight excluding hydrogens is 250 g/mol. The minimum atomic E-state index is 0.399. The van der Waals surface area contributed by atoms with E-state index in [2.05, 4.69) is 10.3 Å². The Bertz CT molecular complexity index is 410. The molecule has 0 bridgehead atoms. The fourth-order valence-electron chi connectivity index (χ4n) is 1.36. The van der Waals surface area contributed by atoms with E-state index in [4.69, 9.17) is 15.2 Å². The zero-order chi connectivity index (χ0) is 13.4. The Balaban J connectivity index is 2.70. The summed E-state index contributed by atoms with van der Waals surface area (Å²) in [5.41, 5.74) is 6.58. The monoisotopic (exact) mass is 269 g/mol. The lowest BCUT2D eigenvalue weighted by Gasteiger charge is -2.10. The van der Waals surface area contributed by atoms with E-state index in [-0.39, 0.29) is 0 Å². The minimum Gasteiger partial charge on any atom is -0.493 e. The smallest absolute Gasteiger partial charge is 0.193 e. The molecule has 0 heterocycles. The highest BCUT2D eigenvalue weighted by molar-refractivity contribution is 7.98. The lowest BCUT2D eigenvalue weighted by molar-refractivity contribution is 0.355. The van der Waals surface area contributed by atoms with Crippen molar-refractivity contribution >= 4 is 23.4 Å². The normalized spacial score (nSPS) is 11.2. The van der Waals surface area contributed by atoms with Crippen LogP contribution >= 0.6 is 11.8 Å². The van der Waals surface area contributed by atoms with E-state index >= 15 is 0 Å². The van der Waals surface area contributed by atoms with Crippen LogP contribution in [0.3, 0.4) is 0 Å². The molecule has 0 aromatic heterocycles. The maximum Gasteiger partial charge on any atom is 0.193 e. The molecule has 100 valence electrons. The predicted molar refractivity (Wildman–Crippen MR) is 78.0 cm³/mol. The highest BCUT2D eigenvalue weighted by Crippen LogP contribution is 2.29. The van der Waals surface area contributed by atoms with Gasteiger partial charge in [0, 0.05) is 17.5 Å². The number of ether oxygens (including phenoxy) is 2. The Labute approximate surface area is 112 Å². The van der Waals surface area contributed by atoms with Gasteiger partial charge in [0.25, 0.3) is 0 Å². The third-order valence-electron chi connectivity index (χ3n) is 2.23. The van der Waals surface area contributed by atoms with Crippen LogP contribution in [0.15, 0.2) is 23.2 Å². The summed E-state index contributed by atoms with van der Waals surface area (Å²) in [5, 5.41) is 3.01. The van der Waals surface area contributed by atoms with E-state index < -0.39 is 0 Å². The third-order valence-corrected chi connectivity index (χ3v) is 2.82. The van der Waals surface area contributed by atoms with Gasteiger partial charge in [0.05, 0.1) is 20.8 Å². The van der Waals surface area contributed by atoms with Gasteiger partial charge in [-0.1, -0.05) is 0 Å². The van der Waals surface area contributed by atoms with Crippen LogP contribution in [-0.4, -0.2) is 38.7 Å². The third kappa shape index (κ3) is 4.37. The summed E-state index contributed by atoms with van der Waals surface area (Å²) in [6.07, 6.45) is 2.04. The Morgan fingerprint density at radius 1 is 1.33 bits per heavy atom. The van der Waals surface area contributed by atoms with E-state index in [0.29, 0.717) is 24.0 Å². The number of thioether (sulfide) groups is 1. The van der Waals surface area contributed by atoms with Gasteiger partial charge < -0.3 is 20.5 Å². The number of nitrogens with one attached hydrogen (secondary N) is 1. The summed E-state index contributed by atoms with van der Waals surface area (Å²) >= 11 is 1.73. The quantitative estimate of drug-likeness (QED) is 0.468. The van der Waals surface area contributed by atoms with Crippen LogP contribution in [0, 0.1) is 0 Å². The van der Waals surface area contributed by atoms with Gasteiger partial charge in [-0.05, 0) is 18.4 Å². The van der Waals surface area contributed by atoms with Crippen molar-refractivity contribution in [2.75, 3.05) is 38.1 Å². The Morgan fingerprint density at radius 2 is 2.06 bits per heavy atom. The van der Waals surface area contributed by atoms with Gasteiger partial charge in [0.15, 0.2) is 17.5 Å². The largest absolute Gasteiger partial charge is 0.493 e. The van der Waals surface area contributed by atoms with E-state index in [1.807, 2.05) is 24.5 Å². The molecule has 0 aliphatic heterocycles. The van der Waals surface area contributed by atoms with Crippen molar-refractivity contribution in [2.45, 2.75) is 0 Å². The van der Waals surface area contributed by atoms with Crippen molar-refractivity contribution in [3.05, 3.63) is 18.2 Å². The van der Waals surface area contributed by atoms with Crippen molar-refractivity contribution < 1.29 is 9.47 Å². The SMILES string of the molecule is COc1ccc(NC(N)=NCCSC)cc1OC. The fourth-order valence-corrected chi connectivity index (χ4v) is 1.63. The Hall–Kier alpha value is -1.56. The first-order valence-corrected chi connectivity index (χ1v) is 6.88. The van der Waals surface area contributed by atoms with Crippen LogP contribution in [0.2, 0.25) is 0 Å². The van der Waals surface area contributed by atoms with Crippen molar-refractivity contribution in [3.8, 4) is 11.5 Å². The second-order valence-corrected chi connectivity index (χ2v) is 4.44. The van der Waals surface area contributed by atoms with Crippen LogP contribution in [0.5, 0.6) is 11.5 Å². The summed E-state index contributed by atoms with van der Waals surface area (Å²) < 4.78 is 10.4. The topological polar surface area (TPSA) is 68.9 Å². The average molecular weight is 269 g/mol. The first kappa shape index (κ1) is 14.5. The number of hydrogen-bond acceptors (Lipinski definition) is 4. The highest BCUT2D eigenvalue weighted by atomic mass is 32.2. The predicted octanol–water partition coefficient (Wildman–Crippen LogP) is 1.79. The number of nitrogens with two attached hydrogens (primary N) is 1. The standard InChI is InChI=1S/C12H19N3O2S/c1-16-10-5-4-9(8-11(10)17-2)15-12(13)14-6-7-18-3/h4-5,8H,6-7H2,1-3H3,(H3,13,14,15). The molecule has 0 aliphatic carbocycles. The molecule has 5 nitrogen and oxygen atoms in total. The lowest BCUT2D eigenvalue weighted by atomic mass is 10.3. The fraction of sp³-hybridized carbons (Fsp3) is 0.417. The molecule has 3 N–H and O–H groups in total. The number of hydrogen-bond donors (Lipinski definition) is 2. The van der Waals surface area contributed by atoms with Gasteiger partial charge in [0.1, 0.15) is 0 Å². The summed E-state index contributed by atoms with van der Waals surface area (Å²) in [7, 11) is 3.20. The van der Waals surface area contributed by atoms with Gasteiger partial charge in [-0.3, -0.25) is 4.99 Å². The van der Waals surface area contributed by atoms with Crippen molar-refractivity contribution in [3.63, 3.8) is 0 Å². The van der Waals surface area contributed by atoms with E-state index in [9.17, 15) is 0 Å². The van der Waals surface area contributed by atoms with Gasteiger partial charge >= 0.3 is 0 Å². The van der Waals surface area contributed by atoms with Crippen molar-refractivity contribution in [1.82, 2.24) is 0 Å². The number of guanidine groups is 1. The lowest BCUT2D eigenvalue weighted by Crippen LogP contribution is -2.23. The Morgan fingerprint density at radius 3 is 2.67 bits per heavy atom. The molecule has 1 aromatic carbocycles. The van der Waals surface area contributed by atoms with Gasteiger partial charge in [0.2, 0.25) is 0 Å². The number of nitrogens with zero attached hydrogens (tertiary/aromatic N) is 1. The first-order chi connectivity index (χ1) is 8.71. The summed E-state index contributed by atoms with van der Waals surface area (Å²) in [5.74, 6) is 2.69. The van der Waals surface area contributed by atoms with E-state index in [0.717, 1.165) is 11.4 Å². The molecule has 0 aliphatic rings.